The molecule has 0 aliphatic heterocycles. The van der Waals surface area contributed by atoms with Crippen LogP contribution in [-0.4, -0.2) is 53.2 Å². The highest BCUT2D eigenvalue weighted by atomic mass is 32.2. The summed E-state index contributed by atoms with van der Waals surface area (Å²) in [5.41, 5.74) is -2.39. The number of benzene rings is 3. The van der Waals surface area contributed by atoms with Gasteiger partial charge in [0.2, 0.25) is 5.88 Å². The van der Waals surface area contributed by atoms with Gasteiger partial charge in [-0.3, -0.25) is 4.79 Å². The highest BCUT2D eigenvalue weighted by Crippen LogP contribution is 2.33. The van der Waals surface area contributed by atoms with Crippen molar-refractivity contribution in [2.24, 2.45) is 7.05 Å². The largest absolute Gasteiger partial charge is 0.573 e. The topological polar surface area (TPSA) is 173 Å². The first-order chi connectivity index (χ1) is 25.2. The van der Waals surface area contributed by atoms with Crippen LogP contribution in [0, 0.1) is 11.6 Å². The van der Waals surface area contributed by atoms with Crippen LogP contribution >= 0.6 is 0 Å². The number of methoxy groups -OCH3 is 1. The molecule has 54 heavy (non-hydrogen) atoms. The first-order valence-corrected chi connectivity index (χ1v) is 15.9. The van der Waals surface area contributed by atoms with Gasteiger partial charge < -0.3 is 19.5 Å². The zero-order valence-corrected chi connectivity index (χ0v) is 27.9. The summed E-state index contributed by atoms with van der Waals surface area (Å²) in [7, 11) is -2.45. The summed E-state index contributed by atoms with van der Waals surface area (Å²) in [4.78, 5) is 39.1. The van der Waals surface area contributed by atoms with Crippen molar-refractivity contribution in [3.8, 4) is 23.4 Å². The first kappa shape index (κ1) is 40.3. The summed E-state index contributed by atoms with van der Waals surface area (Å²) >= 11 is 0. The van der Waals surface area contributed by atoms with E-state index in [1.165, 1.54) is 36.2 Å². The van der Waals surface area contributed by atoms with Crippen molar-refractivity contribution in [1.29, 1.82) is 0 Å². The number of nitrogens with one attached hydrogen (secondary N) is 2. The molecule has 5 aromatic rings. The Kier molecular flexibility index (Phi) is 11.9. The second-order valence-electron chi connectivity index (χ2n) is 10.2. The fourth-order valence-electron chi connectivity index (χ4n) is 4.10. The second kappa shape index (κ2) is 16.0. The van der Waals surface area contributed by atoms with Gasteiger partial charge in [-0.25, -0.2) is 41.1 Å². The van der Waals surface area contributed by atoms with Crippen molar-refractivity contribution in [1.82, 2.24) is 24.1 Å². The number of hydrogen-bond donors (Lipinski definition) is 2. The number of sulfonamides is 1. The molecule has 0 fully saturated rings. The Labute approximate surface area is 297 Å². The van der Waals surface area contributed by atoms with E-state index in [0.29, 0.717) is 6.07 Å². The minimum Gasteiger partial charge on any atom is -0.467 e. The van der Waals surface area contributed by atoms with E-state index < -0.39 is 68.0 Å². The molecule has 0 saturated heterocycles. The number of ether oxygens (including phenoxy) is 3. The van der Waals surface area contributed by atoms with E-state index >= 15 is 0 Å². The number of hydrogen-bond acceptors (Lipinski definition) is 10. The highest BCUT2D eigenvalue weighted by Gasteiger charge is 2.35. The van der Waals surface area contributed by atoms with Gasteiger partial charge >= 0.3 is 30.3 Å². The van der Waals surface area contributed by atoms with Crippen molar-refractivity contribution < 1.29 is 67.3 Å². The third-order valence-corrected chi connectivity index (χ3v) is 7.83. The van der Waals surface area contributed by atoms with Gasteiger partial charge in [0.15, 0.2) is 0 Å². The van der Waals surface area contributed by atoms with Crippen molar-refractivity contribution in [2.75, 3.05) is 12.4 Å². The average Bonchev–Trinajstić information content (AvgIpc) is 3.38. The molecule has 0 aliphatic carbocycles. The molecule has 0 aliphatic rings. The van der Waals surface area contributed by atoms with Gasteiger partial charge in [-0.2, -0.15) is 13.2 Å². The molecule has 0 bridgehead atoms. The molecule has 23 heteroatoms. The third-order valence-electron chi connectivity index (χ3n) is 6.47. The molecule has 2 aromatic heterocycles. The maximum absolute atomic E-state index is 13.7. The van der Waals surface area contributed by atoms with Crippen LogP contribution in [0.25, 0.3) is 0 Å². The summed E-state index contributed by atoms with van der Waals surface area (Å²) in [5, 5.41) is 5.68. The number of pyridine rings is 1. The molecule has 2 amide bonds. The van der Waals surface area contributed by atoms with Gasteiger partial charge in [0.1, 0.15) is 33.6 Å². The normalized spacial score (nSPS) is 11.5. The number of aromatic nitrogens is 4. The van der Waals surface area contributed by atoms with Crippen molar-refractivity contribution in [3.63, 3.8) is 0 Å². The van der Waals surface area contributed by atoms with E-state index in [9.17, 15) is 57.9 Å². The summed E-state index contributed by atoms with van der Waals surface area (Å²) in [6.45, 7) is 0. The van der Waals surface area contributed by atoms with Crippen LogP contribution in [0.3, 0.4) is 0 Å². The molecule has 2 heterocycles. The lowest BCUT2D eigenvalue weighted by molar-refractivity contribution is -0.275. The van der Waals surface area contributed by atoms with Crippen molar-refractivity contribution in [3.05, 3.63) is 118 Å². The van der Waals surface area contributed by atoms with E-state index in [-0.39, 0.29) is 33.6 Å². The number of nitrogens with zero attached hydrogens (tertiary/aromatic N) is 4. The zero-order chi connectivity index (χ0) is 40.0. The molecular formula is C31H22F8N6O8S. The molecule has 286 valence electrons. The van der Waals surface area contributed by atoms with Crippen LogP contribution < -0.4 is 29.9 Å². The summed E-state index contributed by atoms with van der Waals surface area (Å²) in [6, 6.07) is 11.3. The number of para-hydroxylation sites is 1. The molecule has 0 unspecified atom stereocenters. The summed E-state index contributed by atoms with van der Waals surface area (Å²) < 4.78 is 143. The lowest BCUT2D eigenvalue weighted by Crippen LogP contribution is -2.40. The number of anilines is 1. The molecular weight excluding hydrogens is 768 g/mol. The number of halogens is 8. The molecule has 0 spiro atoms. The summed E-state index contributed by atoms with van der Waals surface area (Å²) in [5.74, 6) is -4.15. The molecule has 14 nitrogen and oxygen atoms in total. The molecule has 5 rings (SSSR count). The Bertz CT molecular complexity index is 2350. The van der Waals surface area contributed by atoms with Crippen molar-refractivity contribution >= 4 is 27.6 Å². The van der Waals surface area contributed by atoms with Gasteiger partial charge in [-0.05, 0) is 54.6 Å². The van der Waals surface area contributed by atoms with Gasteiger partial charge in [-0.1, -0.05) is 18.2 Å². The predicted octanol–water partition coefficient (Wildman–Crippen LogP) is 5.86. The molecule has 0 saturated carbocycles. The first-order valence-electron chi connectivity index (χ1n) is 14.4. The maximum atomic E-state index is 13.7. The molecule has 2 N–H and O–H groups in total. The Hall–Kier alpha value is -6.52. The van der Waals surface area contributed by atoms with Crippen LogP contribution in [-0.2, 0) is 23.2 Å². The van der Waals surface area contributed by atoms with E-state index in [0.717, 1.165) is 66.3 Å². The van der Waals surface area contributed by atoms with Gasteiger partial charge in [0, 0.05) is 19.3 Å². The highest BCUT2D eigenvalue weighted by molar-refractivity contribution is 7.90. The minimum absolute atomic E-state index is 0.142. The van der Waals surface area contributed by atoms with E-state index in [2.05, 4.69) is 20.1 Å². The summed E-state index contributed by atoms with van der Waals surface area (Å²) in [6.07, 6.45) is -8.44. The van der Waals surface area contributed by atoms with Crippen LogP contribution in [0.15, 0.2) is 94.7 Å². The fraction of sp³-hybridized carbons (Fsp3) is 0.129. The van der Waals surface area contributed by atoms with E-state index in [4.69, 9.17) is 9.47 Å². The maximum Gasteiger partial charge on any atom is 0.573 e. The smallest absolute Gasteiger partial charge is 0.467 e. The fourth-order valence-corrected chi connectivity index (χ4v) is 5.16. The average molecular weight is 791 g/mol. The number of alkyl halides is 6. The standard InChI is InChI=1S/C19H11F5N2O2.C12H11F3N4O6S/c20-12-6-7-16(15(21)10-12)26-17(27)14-5-2-8-25-18(14)28-13-4-1-3-11(9-13)19(22,23)24;1-18-10(24-2)16-19(11(18)21)9(20)17-26(22,23)8-6-4-3-5-7(8)25-12(13,14)15/h1-10H,(H,26,27);3-6H,1-2H3,(H,17,20). The lowest BCUT2D eigenvalue weighted by atomic mass is 10.2. The Morgan fingerprint density at radius 1 is 0.889 bits per heavy atom. The van der Waals surface area contributed by atoms with E-state index in [1.54, 1.807) is 0 Å². The minimum atomic E-state index is -5.15. The van der Waals surface area contributed by atoms with Crippen LogP contribution in [0.4, 0.5) is 45.6 Å². The SMILES string of the molecule is COc1nn(C(=O)NS(=O)(=O)c2ccccc2OC(F)(F)F)c(=O)n1C.O=C(Nc1ccc(F)cc1F)c1cccnc1Oc1cccc(C(F)(F)F)c1. The van der Waals surface area contributed by atoms with Crippen molar-refractivity contribution in [2.45, 2.75) is 17.4 Å². The van der Waals surface area contributed by atoms with Crippen LogP contribution in [0.5, 0.6) is 23.4 Å². The van der Waals surface area contributed by atoms with Crippen LogP contribution in [0.2, 0.25) is 0 Å². The van der Waals surface area contributed by atoms with Crippen LogP contribution in [0.1, 0.15) is 15.9 Å². The third kappa shape index (κ3) is 10.1. The number of rotatable bonds is 8. The van der Waals surface area contributed by atoms with Gasteiger partial charge in [0.05, 0.1) is 18.4 Å². The molecule has 0 atom stereocenters. The van der Waals surface area contributed by atoms with Gasteiger partial charge in [0.25, 0.3) is 15.9 Å². The number of amides is 2. The lowest BCUT2D eigenvalue weighted by Gasteiger charge is -2.13. The Morgan fingerprint density at radius 2 is 1.59 bits per heavy atom. The second-order valence-corrected chi connectivity index (χ2v) is 11.9. The zero-order valence-electron chi connectivity index (χ0n) is 27.1. The quantitative estimate of drug-likeness (QED) is 0.182. The Balaban J connectivity index is 0.000000241. The predicted molar refractivity (Wildman–Crippen MR) is 168 cm³/mol. The number of carbonyl (C=O) groups excluding carboxylic acids is 2. The Morgan fingerprint density at radius 3 is 2.22 bits per heavy atom. The van der Waals surface area contributed by atoms with Gasteiger partial charge in [-0.15, -0.1) is 23.0 Å². The molecule has 3 aromatic carbocycles. The number of carbonyl (C=O) groups is 2. The van der Waals surface area contributed by atoms with E-state index in [1.807, 2.05) is 0 Å². The monoisotopic (exact) mass is 790 g/mol. The molecule has 0 radical (unpaired) electrons.